The monoisotopic (exact) mass is 245 g/mol. The highest BCUT2D eigenvalue weighted by Gasteiger charge is 2.21. The molecule has 18 heavy (non-hydrogen) atoms. The van der Waals surface area contributed by atoms with Gasteiger partial charge in [0.05, 0.1) is 6.54 Å². The molecule has 96 valence electrons. The van der Waals surface area contributed by atoms with Crippen LogP contribution in [0.4, 0.5) is 0 Å². The average Bonchev–Trinajstić information content (AvgIpc) is 2.38. The summed E-state index contributed by atoms with van der Waals surface area (Å²) in [6, 6.07) is 10.4. The third-order valence-corrected chi connectivity index (χ3v) is 3.31. The van der Waals surface area contributed by atoms with Crippen molar-refractivity contribution in [3.8, 4) is 0 Å². The summed E-state index contributed by atoms with van der Waals surface area (Å²) in [6.07, 6.45) is 7.56. The molecule has 2 rings (SSSR count). The van der Waals surface area contributed by atoms with Crippen LogP contribution < -0.4 is 0 Å². The zero-order chi connectivity index (χ0) is 12.8. The third kappa shape index (κ3) is 3.70. The fraction of sp³-hybridized carbons (Fsp3) is 0.400. The first-order valence-corrected chi connectivity index (χ1v) is 6.45. The summed E-state index contributed by atoms with van der Waals surface area (Å²) in [6.45, 7) is 1.03. The Morgan fingerprint density at radius 3 is 2.83 bits per heavy atom. The van der Waals surface area contributed by atoms with Gasteiger partial charge in [-0.3, -0.25) is 9.69 Å². The molecule has 0 aromatic heterocycles. The zero-order valence-electron chi connectivity index (χ0n) is 10.5. The molecule has 1 aromatic carbocycles. The number of benzene rings is 1. The SMILES string of the molecule is O=C(O)CN1CCCCC1C=Cc1ccccc1. The molecule has 0 amide bonds. The molecule has 0 bridgehead atoms. The molecule has 3 nitrogen and oxygen atoms in total. The molecule has 1 aliphatic heterocycles. The first-order chi connectivity index (χ1) is 8.75. The van der Waals surface area contributed by atoms with Crippen LogP contribution in [-0.4, -0.2) is 35.1 Å². The third-order valence-electron chi connectivity index (χ3n) is 3.31. The van der Waals surface area contributed by atoms with Crippen LogP contribution in [0.3, 0.4) is 0 Å². The molecule has 0 spiro atoms. The fourth-order valence-electron chi connectivity index (χ4n) is 2.39. The maximum Gasteiger partial charge on any atom is 0.317 e. The number of nitrogens with zero attached hydrogens (tertiary/aromatic N) is 1. The van der Waals surface area contributed by atoms with Crippen molar-refractivity contribution in [2.24, 2.45) is 0 Å². The summed E-state index contributed by atoms with van der Waals surface area (Å²) < 4.78 is 0. The van der Waals surface area contributed by atoms with Gasteiger partial charge in [0.15, 0.2) is 0 Å². The van der Waals surface area contributed by atoms with Crippen LogP contribution in [-0.2, 0) is 4.79 Å². The summed E-state index contributed by atoms with van der Waals surface area (Å²) >= 11 is 0. The highest BCUT2D eigenvalue weighted by Crippen LogP contribution is 2.18. The summed E-state index contributed by atoms with van der Waals surface area (Å²) in [5.74, 6) is -0.741. The van der Waals surface area contributed by atoms with E-state index in [0.717, 1.165) is 19.4 Å². The fourth-order valence-corrected chi connectivity index (χ4v) is 2.39. The van der Waals surface area contributed by atoms with Crippen molar-refractivity contribution in [3.63, 3.8) is 0 Å². The summed E-state index contributed by atoms with van der Waals surface area (Å²) in [7, 11) is 0. The van der Waals surface area contributed by atoms with Crippen LogP contribution in [0, 0.1) is 0 Å². The molecule has 3 heteroatoms. The van der Waals surface area contributed by atoms with Crippen molar-refractivity contribution in [1.29, 1.82) is 0 Å². The van der Waals surface area contributed by atoms with Gasteiger partial charge in [0.1, 0.15) is 0 Å². The maximum atomic E-state index is 10.8. The van der Waals surface area contributed by atoms with E-state index in [-0.39, 0.29) is 12.6 Å². The highest BCUT2D eigenvalue weighted by atomic mass is 16.4. The number of piperidine rings is 1. The Hall–Kier alpha value is -1.61. The van der Waals surface area contributed by atoms with E-state index in [2.05, 4.69) is 24.3 Å². The lowest BCUT2D eigenvalue weighted by Crippen LogP contribution is -2.41. The summed E-state index contributed by atoms with van der Waals surface area (Å²) in [4.78, 5) is 12.9. The first-order valence-electron chi connectivity index (χ1n) is 6.45. The summed E-state index contributed by atoms with van der Waals surface area (Å²) in [5, 5.41) is 8.90. The minimum atomic E-state index is -0.741. The second-order valence-corrected chi connectivity index (χ2v) is 4.70. The molecular weight excluding hydrogens is 226 g/mol. The van der Waals surface area contributed by atoms with E-state index in [4.69, 9.17) is 5.11 Å². The van der Waals surface area contributed by atoms with Gasteiger partial charge in [-0.2, -0.15) is 0 Å². The number of carboxylic acid groups (broad SMARTS) is 1. The quantitative estimate of drug-likeness (QED) is 0.886. The van der Waals surface area contributed by atoms with Gasteiger partial charge in [0.25, 0.3) is 0 Å². The van der Waals surface area contributed by atoms with Crippen LogP contribution in [0.15, 0.2) is 36.4 Å². The predicted molar refractivity (Wildman–Crippen MR) is 72.3 cm³/mol. The van der Waals surface area contributed by atoms with Gasteiger partial charge < -0.3 is 5.11 Å². The normalized spacial score (nSPS) is 21.2. The van der Waals surface area contributed by atoms with E-state index in [9.17, 15) is 4.79 Å². The van der Waals surface area contributed by atoms with Gasteiger partial charge in [-0.05, 0) is 24.9 Å². The number of carboxylic acids is 1. The van der Waals surface area contributed by atoms with Crippen molar-refractivity contribution in [2.45, 2.75) is 25.3 Å². The Morgan fingerprint density at radius 2 is 2.11 bits per heavy atom. The molecule has 1 unspecified atom stereocenters. The Kier molecular flexibility index (Phi) is 4.53. The topological polar surface area (TPSA) is 40.5 Å². The van der Waals surface area contributed by atoms with Crippen LogP contribution in [0.25, 0.3) is 6.08 Å². The molecule has 1 aromatic rings. The van der Waals surface area contributed by atoms with Gasteiger partial charge in [-0.1, -0.05) is 48.9 Å². The van der Waals surface area contributed by atoms with Gasteiger partial charge in [-0.25, -0.2) is 0 Å². The first kappa shape index (κ1) is 12.8. The zero-order valence-corrected chi connectivity index (χ0v) is 10.5. The van der Waals surface area contributed by atoms with Crippen molar-refractivity contribution in [3.05, 3.63) is 42.0 Å². The Morgan fingerprint density at radius 1 is 1.33 bits per heavy atom. The van der Waals surface area contributed by atoms with Crippen molar-refractivity contribution >= 4 is 12.0 Å². The lowest BCUT2D eigenvalue weighted by molar-refractivity contribution is -0.139. The van der Waals surface area contributed by atoms with Gasteiger partial charge in [-0.15, -0.1) is 0 Å². The second kappa shape index (κ2) is 6.36. The highest BCUT2D eigenvalue weighted by molar-refractivity contribution is 5.69. The molecule has 0 radical (unpaired) electrons. The van der Waals surface area contributed by atoms with Crippen molar-refractivity contribution in [1.82, 2.24) is 4.90 Å². The molecule has 1 saturated heterocycles. The van der Waals surface area contributed by atoms with Gasteiger partial charge in [0, 0.05) is 6.04 Å². The molecule has 1 atom stereocenters. The number of rotatable bonds is 4. The number of likely N-dealkylation sites (tertiary alicyclic amines) is 1. The average molecular weight is 245 g/mol. The van der Waals surface area contributed by atoms with Crippen LogP contribution >= 0.6 is 0 Å². The predicted octanol–water partition coefficient (Wildman–Crippen LogP) is 2.64. The van der Waals surface area contributed by atoms with E-state index in [0.29, 0.717) is 0 Å². The molecule has 1 aliphatic rings. The van der Waals surface area contributed by atoms with Gasteiger partial charge in [0.2, 0.25) is 0 Å². The molecular formula is C15H19NO2. The van der Waals surface area contributed by atoms with Crippen LogP contribution in [0.5, 0.6) is 0 Å². The molecule has 1 fully saturated rings. The number of aliphatic carboxylic acids is 1. The van der Waals surface area contributed by atoms with E-state index in [1.54, 1.807) is 0 Å². The lowest BCUT2D eigenvalue weighted by Gasteiger charge is -2.32. The van der Waals surface area contributed by atoms with Crippen LogP contribution in [0.2, 0.25) is 0 Å². The Labute approximate surface area is 108 Å². The van der Waals surface area contributed by atoms with E-state index >= 15 is 0 Å². The second-order valence-electron chi connectivity index (χ2n) is 4.70. The van der Waals surface area contributed by atoms with Gasteiger partial charge >= 0.3 is 5.97 Å². The Bertz CT molecular complexity index is 414. The van der Waals surface area contributed by atoms with Crippen molar-refractivity contribution in [2.75, 3.05) is 13.1 Å². The lowest BCUT2D eigenvalue weighted by atomic mass is 10.0. The number of hydrogen-bond acceptors (Lipinski definition) is 2. The minimum absolute atomic E-state index is 0.143. The standard InChI is InChI=1S/C15H19NO2/c17-15(18)12-16-11-5-4-8-14(16)10-9-13-6-2-1-3-7-13/h1-3,6-7,9-10,14H,4-5,8,11-12H2,(H,17,18). The number of carbonyl (C=O) groups is 1. The molecule has 1 heterocycles. The molecule has 0 aliphatic carbocycles. The number of hydrogen-bond donors (Lipinski definition) is 1. The van der Waals surface area contributed by atoms with E-state index < -0.39 is 5.97 Å². The largest absolute Gasteiger partial charge is 0.480 e. The maximum absolute atomic E-state index is 10.8. The summed E-state index contributed by atoms with van der Waals surface area (Å²) in [5.41, 5.74) is 1.17. The smallest absolute Gasteiger partial charge is 0.317 e. The molecule has 1 N–H and O–H groups in total. The Balaban J connectivity index is 2.01. The minimum Gasteiger partial charge on any atom is -0.480 e. The van der Waals surface area contributed by atoms with Crippen molar-refractivity contribution < 1.29 is 9.90 Å². The van der Waals surface area contributed by atoms with E-state index in [1.807, 2.05) is 23.1 Å². The molecule has 0 saturated carbocycles. The van der Waals surface area contributed by atoms with E-state index in [1.165, 1.54) is 12.0 Å². The van der Waals surface area contributed by atoms with Crippen LogP contribution in [0.1, 0.15) is 24.8 Å².